The average molecular weight is 223 g/mol. The van der Waals surface area contributed by atoms with Gasteiger partial charge in [-0.3, -0.25) is 0 Å². The summed E-state index contributed by atoms with van der Waals surface area (Å²) in [5.74, 6) is 1.86. The highest BCUT2D eigenvalue weighted by Crippen LogP contribution is 2.60. The van der Waals surface area contributed by atoms with Crippen LogP contribution in [0.2, 0.25) is 0 Å². The molecule has 0 spiro atoms. The Morgan fingerprint density at radius 1 is 1.31 bits per heavy atom. The Hall–Kier alpha value is -0.0800. The third-order valence-electron chi connectivity index (χ3n) is 5.03. The molecule has 1 N–H and O–H groups in total. The number of ether oxygens (including phenoxy) is 1. The van der Waals surface area contributed by atoms with Gasteiger partial charge in [0.15, 0.2) is 0 Å². The second-order valence-corrected chi connectivity index (χ2v) is 6.16. The minimum Gasteiger partial charge on any atom is -0.381 e. The molecule has 3 rings (SSSR count). The minimum atomic E-state index is 0.707. The zero-order chi connectivity index (χ0) is 11.0. The van der Waals surface area contributed by atoms with Gasteiger partial charge in [0.25, 0.3) is 0 Å². The van der Waals surface area contributed by atoms with E-state index in [0.717, 1.165) is 30.5 Å². The van der Waals surface area contributed by atoms with Crippen LogP contribution in [0.4, 0.5) is 0 Å². The Balaban J connectivity index is 1.48. The molecule has 0 amide bonds. The number of nitrogens with one attached hydrogen (secondary N) is 1. The molecule has 0 aromatic rings. The van der Waals surface area contributed by atoms with Gasteiger partial charge in [-0.2, -0.15) is 0 Å². The van der Waals surface area contributed by atoms with Gasteiger partial charge in [0.1, 0.15) is 0 Å². The molecule has 2 heteroatoms. The van der Waals surface area contributed by atoms with E-state index in [1.54, 1.807) is 0 Å². The minimum absolute atomic E-state index is 0.707. The molecule has 2 nitrogen and oxygen atoms in total. The van der Waals surface area contributed by atoms with Gasteiger partial charge in [-0.25, -0.2) is 0 Å². The first kappa shape index (κ1) is 11.0. The lowest BCUT2D eigenvalue weighted by Gasteiger charge is -2.25. The molecular formula is C14H25NO. The summed E-state index contributed by atoms with van der Waals surface area (Å²) in [5, 5.41) is 3.86. The molecule has 0 aromatic heterocycles. The molecule has 16 heavy (non-hydrogen) atoms. The van der Waals surface area contributed by atoms with Crippen LogP contribution in [0.25, 0.3) is 0 Å². The predicted molar refractivity (Wildman–Crippen MR) is 65.4 cm³/mol. The maximum absolute atomic E-state index is 5.51. The van der Waals surface area contributed by atoms with E-state index in [9.17, 15) is 0 Å². The molecule has 2 aliphatic carbocycles. The normalized spacial score (nSPS) is 33.9. The van der Waals surface area contributed by atoms with Crippen LogP contribution < -0.4 is 5.32 Å². The quantitative estimate of drug-likeness (QED) is 0.747. The van der Waals surface area contributed by atoms with Crippen molar-refractivity contribution in [2.75, 3.05) is 19.8 Å². The maximum Gasteiger partial charge on any atom is 0.0509 e. The molecule has 2 atom stereocenters. The second kappa shape index (κ2) is 4.30. The molecule has 0 aromatic carbocycles. The molecule has 1 heterocycles. The third kappa shape index (κ3) is 2.14. The van der Waals surface area contributed by atoms with Crippen molar-refractivity contribution in [1.29, 1.82) is 0 Å². The van der Waals surface area contributed by atoms with Gasteiger partial charge in [0.05, 0.1) is 6.61 Å². The van der Waals surface area contributed by atoms with E-state index >= 15 is 0 Å². The molecule has 1 saturated heterocycles. The van der Waals surface area contributed by atoms with Crippen molar-refractivity contribution in [2.24, 2.45) is 17.3 Å². The van der Waals surface area contributed by atoms with Crippen LogP contribution in [0.3, 0.4) is 0 Å². The van der Waals surface area contributed by atoms with E-state index in [2.05, 4.69) is 12.2 Å². The molecule has 2 unspecified atom stereocenters. The SMILES string of the molecule is CCC(NCC1(C2CC2)CC1)C1CCOC1. The van der Waals surface area contributed by atoms with Crippen LogP contribution in [-0.2, 0) is 4.74 Å². The van der Waals surface area contributed by atoms with Gasteiger partial charge >= 0.3 is 0 Å². The summed E-state index contributed by atoms with van der Waals surface area (Å²) >= 11 is 0. The maximum atomic E-state index is 5.51. The van der Waals surface area contributed by atoms with Crippen molar-refractivity contribution in [1.82, 2.24) is 5.32 Å². The number of hydrogen-bond acceptors (Lipinski definition) is 2. The zero-order valence-electron chi connectivity index (χ0n) is 10.5. The first-order chi connectivity index (χ1) is 7.84. The van der Waals surface area contributed by atoms with Gasteiger partial charge in [0, 0.05) is 19.2 Å². The Kier molecular flexibility index (Phi) is 2.97. The van der Waals surface area contributed by atoms with Crippen molar-refractivity contribution in [2.45, 2.75) is 51.5 Å². The first-order valence-corrected chi connectivity index (χ1v) is 7.15. The Morgan fingerprint density at radius 3 is 2.62 bits per heavy atom. The van der Waals surface area contributed by atoms with Crippen LogP contribution in [0.1, 0.15) is 45.4 Å². The molecule has 92 valence electrons. The lowest BCUT2D eigenvalue weighted by Crippen LogP contribution is -2.40. The van der Waals surface area contributed by atoms with Crippen molar-refractivity contribution in [3.63, 3.8) is 0 Å². The molecule has 0 bridgehead atoms. The summed E-state index contributed by atoms with van der Waals surface area (Å²) in [5.41, 5.74) is 0.743. The van der Waals surface area contributed by atoms with Crippen LogP contribution >= 0.6 is 0 Å². The van der Waals surface area contributed by atoms with Crippen molar-refractivity contribution < 1.29 is 4.74 Å². The van der Waals surface area contributed by atoms with Crippen LogP contribution in [0.5, 0.6) is 0 Å². The zero-order valence-corrected chi connectivity index (χ0v) is 10.5. The lowest BCUT2D eigenvalue weighted by atomic mass is 9.94. The van der Waals surface area contributed by atoms with Gasteiger partial charge in [-0.05, 0) is 55.8 Å². The van der Waals surface area contributed by atoms with Gasteiger partial charge < -0.3 is 10.1 Å². The first-order valence-electron chi connectivity index (χ1n) is 7.15. The standard InChI is InChI=1S/C14H25NO/c1-2-13(11-5-8-16-9-11)15-10-14(6-7-14)12-3-4-12/h11-13,15H,2-10H2,1H3. The second-order valence-electron chi connectivity index (χ2n) is 6.16. The van der Waals surface area contributed by atoms with Crippen LogP contribution in [-0.4, -0.2) is 25.8 Å². The summed E-state index contributed by atoms with van der Waals surface area (Å²) in [6, 6.07) is 0.707. The summed E-state index contributed by atoms with van der Waals surface area (Å²) in [6.07, 6.45) is 8.51. The third-order valence-corrected chi connectivity index (χ3v) is 5.03. The number of rotatable bonds is 6. The van der Waals surface area contributed by atoms with Crippen molar-refractivity contribution in [3.8, 4) is 0 Å². The average Bonchev–Trinajstić information content (AvgIpc) is 3.19. The highest BCUT2D eigenvalue weighted by molar-refractivity contribution is 5.05. The molecule has 2 saturated carbocycles. The Morgan fingerprint density at radius 2 is 2.12 bits per heavy atom. The van der Waals surface area contributed by atoms with E-state index in [-0.39, 0.29) is 0 Å². The molecule has 1 aliphatic heterocycles. The van der Waals surface area contributed by atoms with E-state index in [4.69, 9.17) is 4.74 Å². The summed E-state index contributed by atoms with van der Waals surface area (Å²) in [7, 11) is 0. The topological polar surface area (TPSA) is 21.3 Å². The fraction of sp³-hybridized carbons (Fsp3) is 1.00. The van der Waals surface area contributed by atoms with Crippen LogP contribution in [0.15, 0.2) is 0 Å². The highest BCUT2D eigenvalue weighted by Gasteiger charge is 2.53. The van der Waals surface area contributed by atoms with Gasteiger partial charge in [-0.15, -0.1) is 0 Å². The van der Waals surface area contributed by atoms with E-state index in [0.29, 0.717) is 6.04 Å². The van der Waals surface area contributed by atoms with E-state index in [1.165, 1.54) is 45.1 Å². The van der Waals surface area contributed by atoms with E-state index < -0.39 is 0 Å². The van der Waals surface area contributed by atoms with Crippen molar-refractivity contribution >= 4 is 0 Å². The van der Waals surface area contributed by atoms with Gasteiger partial charge in [0.2, 0.25) is 0 Å². The largest absolute Gasteiger partial charge is 0.381 e. The fourth-order valence-corrected chi connectivity index (χ4v) is 3.43. The fourth-order valence-electron chi connectivity index (χ4n) is 3.43. The Bertz CT molecular complexity index is 239. The summed E-state index contributed by atoms with van der Waals surface area (Å²) < 4.78 is 5.51. The monoisotopic (exact) mass is 223 g/mol. The lowest BCUT2D eigenvalue weighted by molar-refractivity contribution is 0.174. The van der Waals surface area contributed by atoms with E-state index in [1.807, 2.05) is 0 Å². The van der Waals surface area contributed by atoms with Gasteiger partial charge in [-0.1, -0.05) is 6.92 Å². The predicted octanol–water partition coefficient (Wildman–Crippen LogP) is 2.58. The van der Waals surface area contributed by atoms with Crippen molar-refractivity contribution in [3.05, 3.63) is 0 Å². The highest BCUT2D eigenvalue weighted by atomic mass is 16.5. The molecule has 3 aliphatic rings. The molecule has 0 radical (unpaired) electrons. The summed E-state index contributed by atoms with van der Waals surface area (Å²) in [6.45, 7) is 5.57. The number of hydrogen-bond donors (Lipinski definition) is 1. The smallest absolute Gasteiger partial charge is 0.0509 e. The molecular weight excluding hydrogens is 198 g/mol. The Labute approximate surface area is 99.1 Å². The molecule has 3 fully saturated rings. The van der Waals surface area contributed by atoms with Crippen LogP contribution in [0, 0.1) is 17.3 Å². The summed E-state index contributed by atoms with van der Waals surface area (Å²) in [4.78, 5) is 0.